The molecule has 54 heavy (non-hydrogen) atoms. The highest BCUT2D eigenvalue weighted by Crippen LogP contribution is 2.44. The Morgan fingerprint density at radius 2 is 1.54 bits per heavy atom. The number of ether oxygens (including phenoxy) is 1. The Bertz CT molecular complexity index is 2110. The molecule has 11 nitrogen and oxygen atoms in total. The first-order chi connectivity index (χ1) is 25.5. The summed E-state index contributed by atoms with van der Waals surface area (Å²) in [5, 5.41) is 10.7. The van der Waals surface area contributed by atoms with Gasteiger partial charge in [0.2, 0.25) is 10.0 Å². The summed E-state index contributed by atoms with van der Waals surface area (Å²) in [7, 11) is -3.50. The van der Waals surface area contributed by atoms with Gasteiger partial charge in [-0.25, -0.2) is 23.1 Å². The highest BCUT2D eigenvalue weighted by atomic mass is 32.2. The van der Waals surface area contributed by atoms with E-state index in [1.165, 1.54) is 30.6 Å². The number of rotatable bonds is 13. The van der Waals surface area contributed by atoms with E-state index in [1.54, 1.807) is 60.7 Å². The molecule has 3 atom stereocenters. The summed E-state index contributed by atoms with van der Waals surface area (Å²) >= 11 is 0.519. The topological polar surface area (TPSA) is 159 Å². The standard InChI is InChI=1S/C38H42F3N5O6S2/c1-37(2,3)19-20-45(54(50,51)26-15-16-27-28(21-26)44-23-43-27)29(22-47)30-17-18-31(53-30)34(38(39,40)41)46(36(49)52-4)35(48)33(42)32(24-11-7-5-8-12-24)25-13-9-6-10-14-25/h5-18,21,23,29,32-34,47H,19-20,22,42H2,1-4H3,(H,43,44)/t29-,33+,34-/m1/s1. The normalized spacial score (nSPS) is 14.3. The minimum absolute atomic E-state index is 0.0269. The van der Waals surface area contributed by atoms with Crippen LogP contribution in [0.1, 0.15) is 66.1 Å². The highest BCUT2D eigenvalue weighted by molar-refractivity contribution is 7.89. The Morgan fingerprint density at radius 3 is 2.07 bits per heavy atom. The van der Waals surface area contributed by atoms with Crippen LogP contribution in [0.4, 0.5) is 18.0 Å². The van der Waals surface area contributed by atoms with Gasteiger partial charge in [-0.15, -0.1) is 11.3 Å². The maximum absolute atomic E-state index is 15.2. The molecule has 0 bridgehead atoms. The van der Waals surface area contributed by atoms with Crippen molar-refractivity contribution < 1.29 is 41.0 Å². The van der Waals surface area contributed by atoms with E-state index in [0.29, 0.717) is 39.9 Å². The summed E-state index contributed by atoms with van der Waals surface area (Å²) in [4.78, 5) is 33.9. The minimum Gasteiger partial charge on any atom is -0.452 e. The molecule has 16 heteroatoms. The molecule has 2 aromatic heterocycles. The lowest BCUT2D eigenvalue weighted by molar-refractivity contribution is -0.186. The van der Waals surface area contributed by atoms with E-state index in [1.807, 2.05) is 20.8 Å². The van der Waals surface area contributed by atoms with E-state index in [-0.39, 0.29) is 26.6 Å². The van der Waals surface area contributed by atoms with Crippen LogP contribution in [-0.4, -0.2) is 77.2 Å². The predicted molar refractivity (Wildman–Crippen MR) is 199 cm³/mol. The van der Waals surface area contributed by atoms with Crippen molar-refractivity contribution in [2.24, 2.45) is 11.1 Å². The van der Waals surface area contributed by atoms with Gasteiger partial charge in [0.15, 0.2) is 6.04 Å². The minimum atomic E-state index is -5.23. The van der Waals surface area contributed by atoms with E-state index < -0.39 is 63.7 Å². The van der Waals surface area contributed by atoms with Gasteiger partial charge >= 0.3 is 12.3 Å². The number of carbonyl (C=O) groups is 2. The Morgan fingerprint density at radius 1 is 0.944 bits per heavy atom. The van der Waals surface area contributed by atoms with Gasteiger partial charge in [0, 0.05) is 22.2 Å². The Hall–Kier alpha value is -4.61. The molecular formula is C38H42F3N5O6S2. The molecule has 0 aliphatic heterocycles. The summed E-state index contributed by atoms with van der Waals surface area (Å²) < 4.78 is 80.1. The average molecular weight is 786 g/mol. The zero-order valence-corrected chi connectivity index (χ0v) is 31.7. The summed E-state index contributed by atoms with van der Waals surface area (Å²) in [5.74, 6) is -2.29. The monoisotopic (exact) mass is 785 g/mol. The zero-order chi connectivity index (χ0) is 39.4. The lowest BCUT2D eigenvalue weighted by Crippen LogP contribution is -2.53. The molecule has 5 rings (SSSR count). The van der Waals surface area contributed by atoms with E-state index >= 15 is 13.2 Å². The fourth-order valence-corrected chi connectivity index (χ4v) is 9.13. The van der Waals surface area contributed by atoms with E-state index in [9.17, 15) is 23.1 Å². The van der Waals surface area contributed by atoms with Crippen molar-refractivity contribution in [1.29, 1.82) is 0 Å². The van der Waals surface area contributed by atoms with Crippen LogP contribution < -0.4 is 5.73 Å². The summed E-state index contributed by atoms with van der Waals surface area (Å²) in [5.41, 5.74) is 8.20. The van der Waals surface area contributed by atoms with Crippen molar-refractivity contribution in [3.8, 4) is 0 Å². The number of hydrogen-bond acceptors (Lipinski definition) is 9. The molecule has 0 radical (unpaired) electrons. The van der Waals surface area contributed by atoms with Crippen LogP contribution in [0.25, 0.3) is 11.0 Å². The van der Waals surface area contributed by atoms with Gasteiger partial charge < -0.3 is 20.6 Å². The Labute approximate surface area is 315 Å². The van der Waals surface area contributed by atoms with Gasteiger partial charge in [-0.1, -0.05) is 81.4 Å². The zero-order valence-electron chi connectivity index (χ0n) is 30.0. The number of imide groups is 1. The van der Waals surface area contributed by atoms with Crippen molar-refractivity contribution in [3.05, 3.63) is 118 Å². The maximum Gasteiger partial charge on any atom is 0.417 e. The molecule has 4 N–H and O–H groups in total. The smallest absolute Gasteiger partial charge is 0.417 e. The number of hydrogen-bond donors (Lipinski definition) is 3. The van der Waals surface area contributed by atoms with Crippen LogP contribution in [0, 0.1) is 5.41 Å². The predicted octanol–water partition coefficient (Wildman–Crippen LogP) is 7.14. The molecule has 0 fully saturated rings. The molecule has 288 valence electrons. The second kappa shape index (κ2) is 16.4. The summed E-state index contributed by atoms with van der Waals surface area (Å²) in [6.45, 7) is 4.84. The fraction of sp³-hybridized carbons (Fsp3) is 0.342. The number of aromatic amines is 1. The molecule has 0 aliphatic carbocycles. The fourth-order valence-electron chi connectivity index (χ4n) is 6.20. The lowest BCUT2D eigenvalue weighted by Gasteiger charge is -2.34. The van der Waals surface area contributed by atoms with Crippen LogP contribution in [0.15, 0.2) is 102 Å². The van der Waals surface area contributed by atoms with Gasteiger partial charge in [0.05, 0.1) is 48.1 Å². The van der Waals surface area contributed by atoms with Crippen molar-refractivity contribution >= 4 is 44.4 Å². The molecular weight excluding hydrogens is 744 g/mol. The molecule has 0 unspecified atom stereocenters. The van der Waals surface area contributed by atoms with Crippen molar-refractivity contribution in [2.45, 2.75) is 62.3 Å². The number of alkyl halides is 3. The van der Waals surface area contributed by atoms with Gasteiger partial charge in [-0.3, -0.25) is 4.79 Å². The van der Waals surface area contributed by atoms with Crippen molar-refractivity contribution in [3.63, 3.8) is 0 Å². The summed E-state index contributed by atoms with van der Waals surface area (Å²) in [6.07, 6.45) is -5.06. The molecule has 0 spiro atoms. The molecule has 0 aliphatic rings. The largest absolute Gasteiger partial charge is 0.452 e. The number of aliphatic hydroxyl groups is 1. The number of nitrogens with zero attached hydrogens (tertiary/aromatic N) is 3. The van der Waals surface area contributed by atoms with Crippen molar-refractivity contribution in [2.75, 3.05) is 20.3 Å². The van der Waals surface area contributed by atoms with Gasteiger partial charge in [-0.05, 0) is 53.3 Å². The third-order valence-electron chi connectivity index (χ3n) is 8.99. The highest BCUT2D eigenvalue weighted by Gasteiger charge is 2.52. The number of carbonyl (C=O) groups excluding carboxylic acids is 2. The first-order valence-corrected chi connectivity index (χ1v) is 19.2. The number of H-pyrrole nitrogens is 1. The van der Waals surface area contributed by atoms with E-state index in [4.69, 9.17) is 10.5 Å². The molecule has 3 aromatic carbocycles. The van der Waals surface area contributed by atoms with Crippen LogP contribution in [0.2, 0.25) is 0 Å². The second-order valence-electron chi connectivity index (χ2n) is 13.9. The number of halogens is 3. The SMILES string of the molecule is COC(=O)N(C(=O)[C@@H](N)C(c1ccccc1)c1ccccc1)[C@H](c1ccc([C@@H](CO)N(CCC(C)(C)C)S(=O)(=O)c2ccc3nc[nH]c3c2)s1)C(F)(F)F. The second-order valence-corrected chi connectivity index (χ2v) is 16.9. The summed E-state index contributed by atoms with van der Waals surface area (Å²) in [6, 6.07) is 17.7. The number of nitrogens with two attached hydrogens (primary N) is 1. The molecule has 5 aromatic rings. The number of sulfonamides is 1. The van der Waals surface area contributed by atoms with Crippen molar-refractivity contribution in [1.82, 2.24) is 19.2 Å². The lowest BCUT2D eigenvalue weighted by atomic mass is 9.84. The van der Waals surface area contributed by atoms with Crippen LogP contribution in [0.5, 0.6) is 0 Å². The van der Waals surface area contributed by atoms with E-state index in [0.717, 1.165) is 17.5 Å². The Balaban J connectivity index is 1.57. The van der Waals surface area contributed by atoms with Crippen LogP contribution in [0.3, 0.4) is 0 Å². The number of aromatic nitrogens is 2. The number of aliphatic hydroxyl groups excluding tert-OH is 1. The number of thiophene rings is 1. The number of fused-ring (bicyclic) bond motifs is 1. The number of imidazole rings is 1. The van der Waals surface area contributed by atoms with Gasteiger partial charge in [0.1, 0.15) is 0 Å². The molecule has 2 amide bonds. The number of amides is 2. The first kappa shape index (κ1) is 40.6. The number of benzene rings is 3. The molecule has 2 heterocycles. The van der Waals surface area contributed by atoms with Crippen LogP contribution >= 0.6 is 11.3 Å². The van der Waals surface area contributed by atoms with Gasteiger partial charge in [-0.2, -0.15) is 17.5 Å². The average Bonchev–Trinajstić information content (AvgIpc) is 3.81. The van der Waals surface area contributed by atoms with Gasteiger partial charge in [0.25, 0.3) is 5.91 Å². The maximum atomic E-state index is 15.2. The molecule has 0 saturated carbocycles. The number of nitrogens with one attached hydrogen (secondary N) is 1. The third-order valence-corrected chi connectivity index (χ3v) is 12.1. The quantitative estimate of drug-likeness (QED) is 0.114. The number of methoxy groups -OCH3 is 1. The Kier molecular flexibility index (Phi) is 12.3. The first-order valence-electron chi connectivity index (χ1n) is 17.0. The third kappa shape index (κ3) is 8.84. The molecule has 0 saturated heterocycles. The van der Waals surface area contributed by atoms with Crippen LogP contribution in [-0.2, 0) is 19.6 Å². The van der Waals surface area contributed by atoms with E-state index in [2.05, 4.69) is 9.97 Å².